The Hall–Kier alpha value is -2.83. The van der Waals surface area contributed by atoms with Crippen LogP contribution in [0.4, 0.5) is 8.78 Å². The molecule has 2 heterocycles. The van der Waals surface area contributed by atoms with Gasteiger partial charge in [-0.05, 0) is 56.1 Å². The summed E-state index contributed by atoms with van der Waals surface area (Å²) in [5.41, 5.74) is 2.59. The highest BCUT2D eigenvalue weighted by atomic mass is 19.2. The molecule has 0 bridgehead atoms. The first-order chi connectivity index (χ1) is 14.5. The third-order valence-electron chi connectivity index (χ3n) is 6.88. The van der Waals surface area contributed by atoms with E-state index in [2.05, 4.69) is 22.2 Å². The molecule has 1 amide bonds. The molecule has 156 valence electrons. The number of carbonyl (C=O) groups is 1. The first kappa shape index (κ1) is 19.2. The number of halogens is 2. The average molecular weight is 410 g/mol. The monoisotopic (exact) mass is 410 g/mol. The van der Waals surface area contributed by atoms with E-state index in [1.807, 2.05) is 11.5 Å². The Labute approximate surface area is 173 Å². The lowest BCUT2D eigenvalue weighted by Crippen LogP contribution is -2.37. The largest absolute Gasteiger partial charge is 0.349 e. The van der Waals surface area contributed by atoms with Crippen LogP contribution in [0.1, 0.15) is 48.3 Å². The van der Waals surface area contributed by atoms with Gasteiger partial charge in [-0.15, -0.1) is 0 Å². The number of rotatable bonds is 5. The Morgan fingerprint density at radius 2 is 1.93 bits per heavy atom. The number of aromatic nitrogens is 3. The summed E-state index contributed by atoms with van der Waals surface area (Å²) in [6.07, 6.45) is 6.18. The maximum Gasteiger partial charge on any atom is 0.251 e. The van der Waals surface area contributed by atoms with Crippen LogP contribution < -0.4 is 5.32 Å². The summed E-state index contributed by atoms with van der Waals surface area (Å²) >= 11 is 0. The molecule has 2 aromatic heterocycles. The maximum atomic E-state index is 13.7. The SMILES string of the molecule is CC[C@@H](NC(=O)c1ccnc(C)c1)[C@H]1[C@@H]2C[C@@H](n3cnc4cc(F)c(F)cc43)C[C@@H]21. The molecule has 0 spiro atoms. The van der Waals surface area contributed by atoms with Crippen LogP contribution in [0, 0.1) is 36.3 Å². The molecule has 2 fully saturated rings. The highest BCUT2D eigenvalue weighted by Crippen LogP contribution is 2.62. The van der Waals surface area contributed by atoms with Crippen molar-refractivity contribution in [1.29, 1.82) is 0 Å². The number of aryl methyl sites for hydroxylation is 1. The fraction of sp³-hybridized carbons (Fsp3) is 0.435. The standard InChI is InChI=1S/C23H24F2N4O/c1-3-19(28-23(30)13-4-5-26-12(2)6-13)22-15-7-14(8-16(15)22)29-11-27-20-9-17(24)18(25)10-21(20)29/h4-6,9-11,14-16,19,22H,3,7-8H2,1-2H3,(H,28,30)/t14-,15-,16+,19-,22+/m1/s1. The van der Waals surface area contributed by atoms with Crippen LogP contribution in [0.15, 0.2) is 36.8 Å². The summed E-state index contributed by atoms with van der Waals surface area (Å²) in [5.74, 6) is -0.197. The first-order valence-electron chi connectivity index (χ1n) is 10.5. The number of imidazole rings is 1. The Balaban J connectivity index is 1.27. The number of hydrogen-bond donors (Lipinski definition) is 1. The van der Waals surface area contributed by atoms with Crippen molar-refractivity contribution < 1.29 is 13.6 Å². The molecule has 30 heavy (non-hydrogen) atoms. The summed E-state index contributed by atoms with van der Waals surface area (Å²) < 4.78 is 29.2. The summed E-state index contributed by atoms with van der Waals surface area (Å²) in [4.78, 5) is 21.1. The average Bonchev–Trinajstić information content (AvgIpc) is 3.03. The van der Waals surface area contributed by atoms with E-state index >= 15 is 0 Å². The van der Waals surface area contributed by atoms with Gasteiger partial charge in [0.2, 0.25) is 0 Å². The molecule has 5 nitrogen and oxygen atoms in total. The summed E-state index contributed by atoms with van der Waals surface area (Å²) in [6, 6.07) is 6.33. The molecule has 0 radical (unpaired) electrons. The van der Waals surface area contributed by atoms with Gasteiger partial charge < -0.3 is 9.88 Å². The van der Waals surface area contributed by atoms with E-state index in [0.29, 0.717) is 34.4 Å². The van der Waals surface area contributed by atoms with Gasteiger partial charge in [0.25, 0.3) is 5.91 Å². The molecular weight excluding hydrogens is 386 g/mol. The first-order valence-corrected chi connectivity index (χ1v) is 10.5. The third-order valence-corrected chi connectivity index (χ3v) is 6.88. The minimum absolute atomic E-state index is 0.0491. The smallest absolute Gasteiger partial charge is 0.251 e. The van der Waals surface area contributed by atoms with Gasteiger partial charge in [-0.3, -0.25) is 9.78 Å². The van der Waals surface area contributed by atoms with Crippen LogP contribution in [-0.2, 0) is 0 Å². The Morgan fingerprint density at radius 3 is 2.63 bits per heavy atom. The van der Waals surface area contributed by atoms with Gasteiger partial charge in [-0.25, -0.2) is 13.8 Å². The zero-order valence-electron chi connectivity index (χ0n) is 17.0. The number of carbonyl (C=O) groups excluding carboxylic acids is 1. The van der Waals surface area contributed by atoms with Crippen molar-refractivity contribution >= 4 is 16.9 Å². The molecule has 0 saturated heterocycles. The quantitative estimate of drug-likeness (QED) is 0.677. The van der Waals surface area contributed by atoms with Crippen molar-refractivity contribution in [2.75, 3.05) is 0 Å². The fourth-order valence-corrected chi connectivity index (χ4v) is 5.41. The molecule has 2 aliphatic rings. The van der Waals surface area contributed by atoms with Gasteiger partial charge >= 0.3 is 0 Å². The molecule has 3 aromatic rings. The lowest BCUT2D eigenvalue weighted by molar-refractivity contribution is 0.0926. The Morgan fingerprint density at radius 1 is 1.20 bits per heavy atom. The van der Waals surface area contributed by atoms with Crippen molar-refractivity contribution in [2.45, 2.75) is 45.2 Å². The molecule has 0 unspecified atom stereocenters. The second-order valence-electron chi connectivity index (χ2n) is 8.61. The number of benzene rings is 1. The van der Waals surface area contributed by atoms with E-state index in [9.17, 15) is 13.6 Å². The highest BCUT2D eigenvalue weighted by Gasteiger charge is 2.59. The van der Waals surface area contributed by atoms with Gasteiger partial charge in [-0.2, -0.15) is 0 Å². The predicted molar refractivity (Wildman–Crippen MR) is 109 cm³/mol. The molecular formula is C23H24F2N4O. The zero-order valence-corrected chi connectivity index (χ0v) is 17.0. The van der Waals surface area contributed by atoms with Crippen molar-refractivity contribution in [3.8, 4) is 0 Å². The van der Waals surface area contributed by atoms with Gasteiger partial charge in [0.05, 0.1) is 17.4 Å². The molecule has 0 aliphatic heterocycles. The van der Waals surface area contributed by atoms with Crippen molar-refractivity contribution in [3.05, 3.63) is 59.7 Å². The predicted octanol–water partition coefficient (Wildman–Crippen LogP) is 4.42. The number of pyridine rings is 1. The van der Waals surface area contributed by atoms with Crippen LogP contribution in [-0.4, -0.2) is 26.5 Å². The number of amides is 1. The number of nitrogens with zero attached hydrogens (tertiary/aromatic N) is 3. The topological polar surface area (TPSA) is 59.8 Å². The van der Waals surface area contributed by atoms with E-state index in [4.69, 9.17) is 0 Å². The van der Waals surface area contributed by atoms with Crippen LogP contribution in [0.3, 0.4) is 0 Å². The van der Waals surface area contributed by atoms with E-state index in [1.165, 1.54) is 6.07 Å². The van der Waals surface area contributed by atoms with Crippen LogP contribution in [0.2, 0.25) is 0 Å². The molecule has 2 saturated carbocycles. The minimum Gasteiger partial charge on any atom is -0.349 e. The molecule has 1 N–H and O–H groups in total. The molecule has 7 heteroatoms. The number of fused-ring (bicyclic) bond motifs is 2. The van der Waals surface area contributed by atoms with Crippen molar-refractivity contribution in [2.24, 2.45) is 17.8 Å². The number of nitrogens with one attached hydrogen (secondary N) is 1. The van der Waals surface area contributed by atoms with Gasteiger partial charge in [0.15, 0.2) is 11.6 Å². The maximum absolute atomic E-state index is 13.7. The Kier molecular flexibility index (Phi) is 4.56. The Bertz CT molecular complexity index is 1120. The van der Waals surface area contributed by atoms with Crippen LogP contribution >= 0.6 is 0 Å². The second-order valence-corrected chi connectivity index (χ2v) is 8.61. The van der Waals surface area contributed by atoms with Crippen LogP contribution in [0.25, 0.3) is 11.0 Å². The highest BCUT2D eigenvalue weighted by molar-refractivity contribution is 5.94. The summed E-state index contributed by atoms with van der Waals surface area (Å²) in [6.45, 7) is 3.98. The van der Waals surface area contributed by atoms with E-state index in [-0.39, 0.29) is 18.0 Å². The number of hydrogen-bond acceptors (Lipinski definition) is 3. The van der Waals surface area contributed by atoms with Crippen molar-refractivity contribution in [1.82, 2.24) is 19.9 Å². The minimum atomic E-state index is -0.868. The lowest BCUT2D eigenvalue weighted by atomic mass is 9.99. The molecule has 1 aromatic carbocycles. The van der Waals surface area contributed by atoms with Gasteiger partial charge in [0.1, 0.15) is 0 Å². The van der Waals surface area contributed by atoms with Gasteiger partial charge in [0, 0.05) is 41.7 Å². The fourth-order valence-electron chi connectivity index (χ4n) is 5.41. The summed E-state index contributed by atoms with van der Waals surface area (Å²) in [5, 5.41) is 3.22. The zero-order chi connectivity index (χ0) is 21.0. The lowest BCUT2D eigenvalue weighted by Gasteiger charge is -2.22. The van der Waals surface area contributed by atoms with E-state index < -0.39 is 11.6 Å². The van der Waals surface area contributed by atoms with Crippen LogP contribution in [0.5, 0.6) is 0 Å². The summed E-state index contributed by atoms with van der Waals surface area (Å²) in [7, 11) is 0. The van der Waals surface area contributed by atoms with E-state index in [0.717, 1.165) is 31.0 Å². The molecule has 5 rings (SSSR count). The van der Waals surface area contributed by atoms with Crippen molar-refractivity contribution in [3.63, 3.8) is 0 Å². The second kappa shape index (κ2) is 7.15. The molecule has 5 atom stereocenters. The van der Waals surface area contributed by atoms with E-state index in [1.54, 1.807) is 24.7 Å². The molecule has 2 aliphatic carbocycles. The third kappa shape index (κ3) is 3.16. The van der Waals surface area contributed by atoms with Gasteiger partial charge in [-0.1, -0.05) is 6.92 Å². The normalized spacial score (nSPS) is 25.9.